The molecular formula is C19H25F3O. The van der Waals surface area contributed by atoms with Crippen molar-refractivity contribution in [2.75, 3.05) is 0 Å². The third-order valence-electron chi connectivity index (χ3n) is 4.20. The van der Waals surface area contributed by atoms with Crippen molar-refractivity contribution < 1.29 is 18.0 Å². The Morgan fingerprint density at radius 1 is 1.17 bits per heavy atom. The van der Waals surface area contributed by atoms with E-state index in [1.54, 1.807) is 0 Å². The highest BCUT2D eigenvalue weighted by Crippen LogP contribution is 2.32. The van der Waals surface area contributed by atoms with Crippen LogP contribution in [-0.2, 0) is 11.0 Å². The normalized spacial score (nSPS) is 16.3. The minimum absolute atomic E-state index is 0.00453. The maximum atomic E-state index is 12.6. The predicted octanol–water partition coefficient (Wildman–Crippen LogP) is 6.15. The van der Waals surface area contributed by atoms with E-state index in [1.165, 1.54) is 12.1 Å². The minimum atomic E-state index is -4.31. The van der Waals surface area contributed by atoms with E-state index in [1.807, 2.05) is 26.0 Å². The van der Waals surface area contributed by atoms with Crippen LogP contribution in [-0.4, -0.2) is 6.29 Å². The average Bonchev–Trinajstić information content (AvgIpc) is 2.50. The number of benzene rings is 1. The quantitative estimate of drug-likeness (QED) is 0.413. The number of hydrogen-bond acceptors (Lipinski definition) is 1. The lowest BCUT2D eigenvalue weighted by Crippen LogP contribution is -2.14. The summed E-state index contributed by atoms with van der Waals surface area (Å²) in [5, 5.41) is 0. The van der Waals surface area contributed by atoms with Gasteiger partial charge in [0.15, 0.2) is 0 Å². The molecule has 0 aromatic heterocycles. The van der Waals surface area contributed by atoms with Gasteiger partial charge in [-0.2, -0.15) is 13.2 Å². The molecule has 0 amide bonds. The van der Waals surface area contributed by atoms with E-state index in [0.717, 1.165) is 43.2 Å². The zero-order valence-corrected chi connectivity index (χ0v) is 14.0. The summed E-state index contributed by atoms with van der Waals surface area (Å²) in [7, 11) is 0. The minimum Gasteiger partial charge on any atom is -0.303 e. The number of carbonyl (C=O) groups is 1. The van der Waals surface area contributed by atoms with Gasteiger partial charge in [-0.15, -0.1) is 0 Å². The summed E-state index contributed by atoms with van der Waals surface area (Å²) in [6.45, 7) is 6.10. The van der Waals surface area contributed by atoms with Crippen LogP contribution < -0.4 is 0 Å². The van der Waals surface area contributed by atoms with E-state index in [-0.39, 0.29) is 11.3 Å². The molecule has 0 radical (unpaired) electrons. The number of alkyl halides is 3. The first-order valence-electron chi connectivity index (χ1n) is 8.02. The van der Waals surface area contributed by atoms with Crippen molar-refractivity contribution in [1.82, 2.24) is 0 Å². The van der Waals surface area contributed by atoms with Crippen molar-refractivity contribution in [1.29, 1.82) is 0 Å². The van der Waals surface area contributed by atoms with Crippen LogP contribution in [0.3, 0.4) is 0 Å². The lowest BCUT2D eigenvalue weighted by Gasteiger charge is -2.24. The van der Waals surface area contributed by atoms with Crippen molar-refractivity contribution in [3.05, 3.63) is 47.5 Å². The van der Waals surface area contributed by atoms with Crippen molar-refractivity contribution in [3.63, 3.8) is 0 Å². The van der Waals surface area contributed by atoms with Crippen LogP contribution in [0, 0.1) is 5.41 Å². The van der Waals surface area contributed by atoms with Crippen LogP contribution in [0.1, 0.15) is 63.5 Å². The highest BCUT2D eigenvalue weighted by molar-refractivity contribution is 5.51. The molecule has 0 aliphatic carbocycles. The van der Waals surface area contributed by atoms with Gasteiger partial charge >= 0.3 is 6.18 Å². The fourth-order valence-electron chi connectivity index (χ4n) is 2.49. The van der Waals surface area contributed by atoms with Gasteiger partial charge in [0.25, 0.3) is 0 Å². The average molecular weight is 326 g/mol. The standard InChI is InChI=1S/C19H25F3O/c1-4-5-11-18(3,13-14-23)12-10-15(2)16-6-8-17(9-7-16)19(20,21)22/h6-10,12,14-15H,4-5,11,13H2,1-3H3/b12-10+/t15-,18+/m1/s1. The molecule has 0 unspecified atom stereocenters. The topological polar surface area (TPSA) is 17.1 Å². The number of rotatable bonds is 8. The Bertz CT molecular complexity index is 516. The molecule has 0 aliphatic heterocycles. The summed E-state index contributed by atoms with van der Waals surface area (Å²) >= 11 is 0. The summed E-state index contributed by atoms with van der Waals surface area (Å²) in [4.78, 5) is 10.9. The number of carbonyl (C=O) groups excluding carboxylic acids is 1. The van der Waals surface area contributed by atoms with E-state index in [4.69, 9.17) is 0 Å². The highest BCUT2D eigenvalue weighted by atomic mass is 19.4. The Balaban J connectivity index is 2.83. The monoisotopic (exact) mass is 326 g/mol. The molecule has 128 valence electrons. The molecule has 0 N–H and O–H groups in total. The van der Waals surface area contributed by atoms with Crippen molar-refractivity contribution in [2.45, 2.75) is 58.5 Å². The van der Waals surface area contributed by atoms with Gasteiger partial charge in [-0.25, -0.2) is 0 Å². The third kappa shape index (κ3) is 6.20. The lowest BCUT2D eigenvalue weighted by molar-refractivity contribution is -0.137. The molecule has 1 nitrogen and oxygen atoms in total. The smallest absolute Gasteiger partial charge is 0.303 e. The summed E-state index contributed by atoms with van der Waals surface area (Å²) in [6.07, 6.45) is 4.16. The largest absolute Gasteiger partial charge is 0.416 e. The number of aldehydes is 1. The number of halogens is 3. The summed E-state index contributed by atoms with van der Waals surface area (Å²) in [6, 6.07) is 5.25. The third-order valence-corrected chi connectivity index (χ3v) is 4.20. The zero-order chi connectivity index (χ0) is 17.5. The molecule has 2 atom stereocenters. The SMILES string of the molecule is CCCC[C@@](C)(/C=C/[C@@H](C)c1ccc(C(F)(F)F)cc1)CC=O. The van der Waals surface area contributed by atoms with Crippen molar-refractivity contribution in [3.8, 4) is 0 Å². The predicted molar refractivity (Wildman–Crippen MR) is 87.3 cm³/mol. The van der Waals surface area contributed by atoms with Gasteiger partial charge in [0.1, 0.15) is 6.29 Å². The van der Waals surface area contributed by atoms with Crippen molar-refractivity contribution in [2.24, 2.45) is 5.41 Å². The summed E-state index contributed by atoms with van der Waals surface area (Å²) < 4.78 is 37.7. The van der Waals surface area contributed by atoms with Gasteiger partial charge < -0.3 is 4.79 Å². The molecule has 0 spiro atoms. The molecule has 0 bridgehead atoms. The molecule has 1 aromatic rings. The van der Waals surface area contributed by atoms with Crippen LogP contribution in [0.5, 0.6) is 0 Å². The van der Waals surface area contributed by atoms with Gasteiger partial charge in [-0.1, -0.05) is 57.9 Å². The van der Waals surface area contributed by atoms with E-state index >= 15 is 0 Å². The fourth-order valence-corrected chi connectivity index (χ4v) is 2.49. The molecule has 0 fully saturated rings. The van der Waals surface area contributed by atoms with E-state index in [2.05, 4.69) is 6.92 Å². The highest BCUT2D eigenvalue weighted by Gasteiger charge is 2.30. The van der Waals surface area contributed by atoms with Crippen LogP contribution in [0.25, 0.3) is 0 Å². The maximum absolute atomic E-state index is 12.6. The Morgan fingerprint density at radius 2 is 1.78 bits per heavy atom. The Morgan fingerprint density at radius 3 is 2.26 bits per heavy atom. The van der Waals surface area contributed by atoms with E-state index in [9.17, 15) is 18.0 Å². The van der Waals surface area contributed by atoms with Gasteiger partial charge in [0.2, 0.25) is 0 Å². The maximum Gasteiger partial charge on any atom is 0.416 e. The molecule has 0 saturated carbocycles. The Kier molecular flexibility index (Phi) is 7.04. The van der Waals surface area contributed by atoms with Crippen LogP contribution in [0.2, 0.25) is 0 Å². The van der Waals surface area contributed by atoms with E-state index in [0.29, 0.717) is 6.42 Å². The molecular weight excluding hydrogens is 301 g/mol. The van der Waals surface area contributed by atoms with Crippen LogP contribution in [0.15, 0.2) is 36.4 Å². The number of hydrogen-bond donors (Lipinski definition) is 0. The number of unbranched alkanes of at least 4 members (excludes halogenated alkanes) is 1. The van der Waals surface area contributed by atoms with Crippen LogP contribution in [0.4, 0.5) is 13.2 Å². The number of allylic oxidation sites excluding steroid dienone is 2. The molecule has 23 heavy (non-hydrogen) atoms. The Hall–Kier alpha value is -1.58. The summed E-state index contributed by atoms with van der Waals surface area (Å²) in [5.74, 6) is 0.00453. The zero-order valence-electron chi connectivity index (χ0n) is 14.0. The second-order valence-corrected chi connectivity index (χ2v) is 6.40. The second kappa shape index (κ2) is 8.32. The molecule has 0 heterocycles. The second-order valence-electron chi connectivity index (χ2n) is 6.40. The van der Waals surface area contributed by atoms with Gasteiger partial charge in [-0.3, -0.25) is 0 Å². The van der Waals surface area contributed by atoms with Gasteiger partial charge in [0.05, 0.1) is 5.56 Å². The van der Waals surface area contributed by atoms with Crippen LogP contribution >= 0.6 is 0 Å². The first-order valence-corrected chi connectivity index (χ1v) is 8.02. The van der Waals surface area contributed by atoms with Gasteiger partial charge in [0, 0.05) is 6.42 Å². The Labute approximate surface area is 136 Å². The molecule has 1 rings (SSSR count). The van der Waals surface area contributed by atoms with E-state index < -0.39 is 11.7 Å². The first kappa shape index (κ1) is 19.5. The van der Waals surface area contributed by atoms with Crippen molar-refractivity contribution >= 4 is 6.29 Å². The van der Waals surface area contributed by atoms with Gasteiger partial charge in [-0.05, 0) is 35.4 Å². The first-order chi connectivity index (χ1) is 10.7. The summed E-state index contributed by atoms with van der Waals surface area (Å²) in [5.41, 5.74) is 0.0159. The molecule has 0 saturated heterocycles. The lowest BCUT2D eigenvalue weighted by atomic mass is 9.81. The molecule has 4 heteroatoms. The molecule has 0 aliphatic rings. The molecule has 1 aromatic carbocycles. The fraction of sp³-hybridized carbons (Fsp3) is 0.526.